The monoisotopic (exact) mass is 368 g/mol. The summed E-state index contributed by atoms with van der Waals surface area (Å²) in [6.07, 6.45) is 0.736. The summed E-state index contributed by atoms with van der Waals surface area (Å²) in [4.78, 5) is 27.6. The Morgan fingerprint density at radius 2 is 1.78 bits per heavy atom. The van der Waals surface area contributed by atoms with Crippen molar-refractivity contribution in [1.82, 2.24) is 9.80 Å². The fourth-order valence-electron chi connectivity index (χ4n) is 3.11. The summed E-state index contributed by atoms with van der Waals surface area (Å²) in [6.45, 7) is 3.86. The van der Waals surface area contributed by atoms with Gasteiger partial charge in [-0.1, -0.05) is 30.3 Å². The maximum atomic E-state index is 12.5. The molecule has 0 bridgehead atoms. The molecular weight excluding hydrogens is 344 g/mol. The second-order valence-electron chi connectivity index (χ2n) is 6.46. The van der Waals surface area contributed by atoms with Gasteiger partial charge in [-0.2, -0.15) is 0 Å². The minimum atomic E-state index is -0.0721. The van der Waals surface area contributed by atoms with E-state index in [9.17, 15) is 9.59 Å². The number of hydrogen-bond donors (Lipinski definition) is 0. The molecule has 2 aromatic carbocycles. The second-order valence-corrected chi connectivity index (χ2v) is 6.46. The number of ether oxygens (including phenoxy) is 2. The van der Waals surface area contributed by atoms with Crippen LogP contribution in [0.1, 0.15) is 15.9 Å². The molecule has 27 heavy (non-hydrogen) atoms. The number of carbonyl (C=O) groups excluding carboxylic acids is 2. The zero-order valence-corrected chi connectivity index (χ0v) is 15.5. The molecule has 0 saturated carbocycles. The number of aldehydes is 1. The van der Waals surface area contributed by atoms with Crippen molar-refractivity contribution in [2.24, 2.45) is 0 Å². The Kier molecular flexibility index (Phi) is 6.44. The number of hydrogen-bond acceptors (Lipinski definition) is 5. The van der Waals surface area contributed by atoms with Crippen LogP contribution in [0.25, 0.3) is 0 Å². The third kappa shape index (κ3) is 5.08. The summed E-state index contributed by atoms with van der Waals surface area (Å²) in [7, 11) is 1.52. The third-order valence-electron chi connectivity index (χ3n) is 4.65. The Morgan fingerprint density at radius 3 is 2.44 bits per heavy atom. The highest BCUT2D eigenvalue weighted by molar-refractivity contribution is 5.79. The van der Waals surface area contributed by atoms with Crippen molar-refractivity contribution in [3.8, 4) is 11.5 Å². The molecule has 1 fully saturated rings. The predicted octanol–water partition coefficient (Wildman–Crippen LogP) is 2.23. The van der Waals surface area contributed by atoms with Gasteiger partial charge in [-0.05, 0) is 23.8 Å². The first-order valence-corrected chi connectivity index (χ1v) is 8.99. The van der Waals surface area contributed by atoms with Crippen LogP contribution in [0.15, 0.2) is 48.5 Å². The second kappa shape index (κ2) is 9.19. The van der Waals surface area contributed by atoms with Gasteiger partial charge in [-0.25, -0.2) is 0 Å². The highest BCUT2D eigenvalue weighted by Gasteiger charge is 2.21. The Labute approximate surface area is 159 Å². The highest BCUT2D eigenvalue weighted by Crippen LogP contribution is 2.27. The fraction of sp³-hybridized carbons (Fsp3) is 0.333. The predicted molar refractivity (Wildman–Crippen MR) is 102 cm³/mol. The van der Waals surface area contributed by atoms with Crippen LogP contribution in [0.4, 0.5) is 0 Å². The summed E-state index contributed by atoms with van der Waals surface area (Å²) >= 11 is 0. The molecule has 1 saturated heterocycles. The van der Waals surface area contributed by atoms with E-state index in [2.05, 4.69) is 17.0 Å². The molecular formula is C21H24N2O4. The highest BCUT2D eigenvalue weighted by atomic mass is 16.5. The molecule has 1 amide bonds. The van der Waals surface area contributed by atoms with Crippen molar-refractivity contribution >= 4 is 12.2 Å². The molecule has 142 valence electrons. The van der Waals surface area contributed by atoms with Crippen LogP contribution in [-0.4, -0.2) is 61.9 Å². The van der Waals surface area contributed by atoms with Crippen molar-refractivity contribution < 1.29 is 19.1 Å². The summed E-state index contributed by atoms with van der Waals surface area (Å²) in [5.41, 5.74) is 1.76. The molecule has 0 aromatic heterocycles. The third-order valence-corrected chi connectivity index (χ3v) is 4.65. The number of carbonyl (C=O) groups is 2. The van der Waals surface area contributed by atoms with Crippen molar-refractivity contribution in [3.63, 3.8) is 0 Å². The van der Waals surface area contributed by atoms with Gasteiger partial charge >= 0.3 is 0 Å². The molecule has 0 spiro atoms. The number of rotatable bonds is 7. The number of benzene rings is 2. The fourth-order valence-corrected chi connectivity index (χ4v) is 3.11. The van der Waals surface area contributed by atoms with Crippen LogP contribution < -0.4 is 9.47 Å². The Morgan fingerprint density at radius 1 is 1.04 bits per heavy atom. The standard InChI is InChI=1S/C21H24N2O4/c1-26-19-8-7-18(15-24)13-20(19)27-16-21(25)23-11-9-22(10-12-23)14-17-5-3-2-4-6-17/h2-8,13,15H,9-12,14,16H2,1H3. The van der Waals surface area contributed by atoms with Crippen LogP contribution in [0, 0.1) is 0 Å². The van der Waals surface area contributed by atoms with Gasteiger partial charge in [0, 0.05) is 38.3 Å². The van der Waals surface area contributed by atoms with E-state index in [-0.39, 0.29) is 12.5 Å². The summed E-state index contributed by atoms with van der Waals surface area (Å²) in [5, 5.41) is 0. The Bertz CT molecular complexity index is 771. The van der Waals surface area contributed by atoms with Gasteiger partial charge in [-0.3, -0.25) is 14.5 Å². The van der Waals surface area contributed by atoms with E-state index in [1.165, 1.54) is 12.7 Å². The SMILES string of the molecule is COc1ccc(C=O)cc1OCC(=O)N1CCN(Cc2ccccc2)CC1. The number of amides is 1. The van der Waals surface area contributed by atoms with Gasteiger partial charge < -0.3 is 14.4 Å². The first-order valence-electron chi connectivity index (χ1n) is 8.99. The molecule has 6 heteroatoms. The van der Waals surface area contributed by atoms with Gasteiger partial charge in [-0.15, -0.1) is 0 Å². The lowest BCUT2D eigenvalue weighted by Crippen LogP contribution is -2.49. The van der Waals surface area contributed by atoms with E-state index in [1.54, 1.807) is 18.2 Å². The van der Waals surface area contributed by atoms with E-state index in [4.69, 9.17) is 9.47 Å². The number of nitrogens with zero attached hydrogens (tertiary/aromatic N) is 2. The van der Waals surface area contributed by atoms with Crippen LogP contribution in [-0.2, 0) is 11.3 Å². The minimum Gasteiger partial charge on any atom is -0.493 e. The van der Waals surface area contributed by atoms with Gasteiger partial charge in [0.2, 0.25) is 0 Å². The first kappa shape index (κ1) is 18.9. The Hall–Kier alpha value is -2.86. The van der Waals surface area contributed by atoms with Crippen molar-refractivity contribution in [1.29, 1.82) is 0 Å². The van der Waals surface area contributed by atoms with Crippen molar-refractivity contribution in [2.75, 3.05) is 39.9 Å². The molecule has 1 aliphatic heterocycles. The average molecular weight is 368 g/mol. The normalized spacial score (nSPS) is 14.6. The summed E-state index contributed by atoms with van der Waals surface area (Å²) < 4.78 is 10.8. The van der Waals surface area contributed by atoms with E-state index >= 15 is 0 Å². The lowest BCUT2D eigenvalue weighted by molar-refractivity contribution is -0.135. The lowest BCUT2D eigenvalue weighted by atomic mass is 10.2. The average Bonchev–Trinajstić information content (AvgIpc) is 2.73. The van der Waals surface area contributed by atoms with Gasteiger partial charge in [0.15, 0.2) is 18.1 Å². The molecule has 1 heterocycles. The molecule has 6 nitrogen and oxygen atoms in total. The smallest absolute Gasteiger partial charge is 0.260 e. The first-order chi connectivity index (χ1) is 13.2. The largest absolute Gasteiger partial charge is 0.493 e. The molecule has 3 rings (SSSR count). The zero-order valence-electron chi connectivity index (χ0n) is 15.5. The van der Waals surface area contributed by atoms with E-state index < -0.39 is 0 Å². The van der Waals surface area contributed by atoms with Crippen LogP contribution in [0.3, 0.4) is 0 Å². The maximum absolute atomic E-state index is 12.5. The van der Waals surface area contributed by atoms with E-state index in [1.807, 2.05) is 23.1 Å². The molecule has 2 aromatic rings. The van der Waals surface area contributed by atoms with Crippen molar-refractivity contribution in [3.05, 3.63) is 59.7 Å². The molecule has 0 radical (unpaired) electrons. The van der Waals surface area contributed by atoms with E-state index in [0.29, 0.717) is 30.2 Å². The molecule has 0 aliphatic carbocycles. The lowest BCUT2D eigenvalue weighted by Gasteiger charge is -2.34. The van der Waals surface area contributed by atoms with Crippen LogP contribution >= 0.6 is 0 Å². The van der Waals surface area contributed by atoms with Gasteiger partial charge in [0.1, 0.15) is 6.29 Å². The van der Waals surface area contributed by atoms with Crippen LogP contribution in [0.2, 0.25) is 0 Å². The molecule has 0 atom stereocenters. The zero-order chi connectivity index (χ0) is 19.1. The number of methoxy groups -OCH3 is 1. The summed E-state index contributed by atoms with van der Waals surface area (Å²) in [5.74, 6) is 0.840. The van der Waals surface area contributed by atoms with Crippen molar-refractivity contribution in [2.45, 2.75) is 6.54 Å². The summed E-state index contributed by atoms with van der Waals surface area (Å²) in [6, 6.07) is 15.2. The quantitative estimate of drug-likeness (QED) is 0.702. The molecule has 1 aliphatic rings. The van der Waals surface area contributed by atoms with Gasteiger partial charge in [0.25, 0.3) is 5.91 Å². The maximum Gasteiger partial charge on any atom is 0.260 e. The molecule has 0 unspecified atom stereocenters. The van der Waals surface area contributed by atoms with Crippen LogP contribution in [0.5, 0.6) is 11.5 Å². The Balaban J connectivity index is 1.49. The van der Waals surface area contributed by atoms with Gasteiger partial charge in [0.05, 0.1) is 7.11 Å². The van der Waals surface area contributed by atoms with E-state index in [0.717, 1.165) is 25.9 Å². The topological polar surface area (TPSA) is 59.1 Å². The minimum absolute atomic E-state index is 0.0621. The number of piperazine rings is 1. The molecule has 0 N–H and O–H groups in total.